The molecular weight excluding hydrogens is 242 g/mol. The summed E-state index contributed by atoms with van der Waals surface area (Å²) in [7, 11) is 1.35. The number of nitro groups is 1. The molecule has 3 N–H and O–H groups in total. The van der Waals surface area contributed by atoms with E-state index in [9.17, 15) is 20.3 Å². The molecule has 0 fully saturated rings. The molecule has 7 heteroatoms. The van der Waals surface area contributed by atoms with Gasteiger partial charge in [0.05, 0.1) is 24.2 Å². The van der Waals surface area contributed by atoms with Gasteiger partial charge in [-0.3, -0.25) is 10.1 Å². The van der Waals surface area contributed by atoms with Crippen LogP contribution >= 0.6 is 0 Å². The van der Waals surface area contributed by atoms with Crippen LogP contribution in [0.25, 0.3) is 0 Å². The minimum Gasteiger partial charge on any atom is -0.496 e. The Hall–Kier alpha value is -1.70. The predicted octanol–water partition coefficient (Wildman–Crippen LogP) is 0.380. The van der Waals surface area contributed by atoms with Crippen LogP contribution in [0.5, 0.6) is 5.75 Å². The Morgan fingerprint density at radius 2 is 2.06 bits per heavy atom. The van der Waals surface area contributed by atoms with Gasteiger partial charge in [0.2, 0.25) is 0 Å². The first-order valence-corrected chi connectivity index (χ1v) is 5.30. The van der Waals surface area contributed by atoms with Gasteiger partial charge in [-0.1, -0.05) is 0 Å². The molecule has 0 aromatic heterocycles. The zero-order valence-corrected chi connectivity index (χ0v) is 9.81. The molecule has 1 rings (SSSR count). The molecule has 2 unspecified atom stereocenters. The van der Waals surface area contributed by atoms with E-state index in [1.54, 1.807) is 0 Å². The maximum absolute atomic E-state index is 10.7. The number of benzene rings is 1. The van der Waals surface area contributed by atoms with Crippen LogP contribution in [0.3, 0.4) is 0 Å². The van der Waals surface area contributed by atoms with Gasteiger partial charge in [0.1, 0.15) is 11.9 Å². The van der Waals surface area contributed by atoms with Crippen molar-refractivity contribution in [1.82, 2.24) is 0 Å². The summed E-state index contributed by atoms with van der Waals surface area (Å²) in [5.41, 5.74) is -0.0680. The van der Waals surface area contributed by atoms with E-state index < -0.39 is 17.1 Å². The van der Waals surface area contributed by atoms with Crippen LogP contribution in [0.1, 0.15) is 18.1 Å². The number of hydrogen-bond donors (Lipinski definition) is 3. The molecule has 0 bridgehead atoms. The first-order chi connectivity index (χ1) is 8.49. The monoisotopic (exact) mass is 257 g/mol. The van der Waals surface area contributed by atoms with Gasteiger partial charge in [0.25, 0.3) is 5.69 Å². The standard InChI is InChI=1S/C11H15NO6/c1-18-9-5-7(4-8(6-9)12(16)17)11(15)10(14)2-3-13/h4-6,10-11,13-15H,2-3H2,1H3. The van der Waals surface area contributed by atoms with E-state index in [4.69, 9.17) is 9.84 Å². The van der Waals surface area contributed by atoms with E-state index in [1.165, 1.54) is 19.2 Å². The minimum atomic E-state index is -1.31. The lowest BCUT2D eigenvalue weighted by molar-refractivity contribution is -0.385. The van der Waals surface area contributed by atoms with Crippen LogP contribution in [0.2, 0.25) is 0 Å². The maximum atomic E-state index is 10.7. The topological polar surface area (TPSA) is 113 Å². The van der Waals surface area contributed by atoms with Gasteiger partial charge in [-0.2, -0.15) is 0 Å². The molecule has 0 aliphatic rings. The molecular formula is C11H15NO6. The first kappa shape index (κ1) is 14.4. The molecule has 1 aromatic carbocycles. The number of nitro benzene ring substituents is 1. The zero-order valence-electron chi connectivity index (χ0n) is 9.81. The fourth-order valence-electron chi connectivity index (χ4n) is 1.51. The molecule has 100 valence electrons. The van der Waals surface area contributed by atoms with Crippen molar-refractivity contribution in [1.29, 1.82) is 0 Å². The average molecular weight is 257 g/mol. The summed E-state index contributed by atoms with van der Waals surface area (Å²) in [5.74, 6) is 0.217. The Balaban J connectivity index is 3.07. The molecule has 7 nitrogen and oxygen atoms in total. The van der Waals surface area contributed by atoms with Crippen LogP contribution < -0.4 is 4.74 Å². The average Bonchev–Trinajstić information content (AvgIpc) is 2.37. The van der Waals surface area contributed by atoms with Gasteiger partial charge in [-0.05, 0) is 18.1 Å². The zero-order chi connectivity index (χ0) is 13.7. The lowest BCUT2D eigenvalue weighted by Gasteiger charge is -2.17. The molecule has 0 radical (unpaired) electrons. The van der Waals surface area contributed by atoms with Crippen molar-refractivity contribution in [2.24, 2.45) is 0 Å². The molecule has 1 aromatic rings. The van der Waals surface area contributed by atoms with Crippen molar-refractivity contribution in [3.8, 4) is 5.75 Å². The molecule has 2 atom stereocenters. The van der Waals surface area contributed by atoms with Gasteiger partial charge in [-0.25, -0.2) is 0 Å². The van der Waals surface area contributed by atoms with Crippen molar-refractivity contribution in [2.45, 2.75) is 18.6 Å². The van der Waals surface area contributed by atoms with Crippen LogP contribution in [-0.2, 0) is 0 Å². The highest BCUT2D eigenvalue weighted by Crippen LogP contribution is 2.28. The maximum Gasteiger partial charge on any atom is 0.273 e. The number of nitrogens with zero attached hydrogens (tertiary/aromatic N) is 1. The predicted molar refractivity (Wildman–Crippen MR) is 62.3 cm³/mol. The highest BCUT2D eigenvalue weighted by molar-refractivity contribution is 5.43. The summed E-state index contributed by atoms with van der Waals surface area (Å²) < 4.78 is 4.89. The third kappa shape index (κ3) is 3.39. The molecule has 0 aliphatic heterocycles. The van der Waals surface area contributed by atoms with E-state index in [0.717, 1.165) is 6.07 Å². The van der Waals surface area contributed by atoms with Crippen LogP contribution in [0, 0.1) is 10.1 Å². The molecule has 18 heavy (non-hydrogen) atoms. The Morgan fingerprint density at radius 1 is 1.39 bits per heavy atom. The normalized spacial score (nSPS) is 14.0. The minimum absolute atomic E-state index is 0.0217. The summed E-state index contributed by atoms with van der Waals surface area (Å²) in [6.45, 7) is -0.287. The number of non-ortho nitro benzene ring substituents is 1. The second-order valence-corrected chi connectivity index (χ2v) is 3.75. The van der Waals surface area contributed by atoms with Crippen molar-refractivity contribution in [3.63, 3.8) is 0 Å². The Labute approximate surface area is 103 Å². The van der Waals surface area contributed by atoms with E-state index in [2.05, 4.69) is 0 Å². The highest BCUT2D eigenvalue weighted by atomic mass is 16.6. The van der Waals surface area contributed by atoms with Crippen molar-refractivity contribution in [2.75, 3.05) is 13.7 Å². The number of methoxy groups -OCH3 is 1. The fraction of sp³-hybridized carbons (Fsp3) is 0.455. The van der Waals surface area contributed by atoms with E-state index in [0.29, 0.717) is 0 Å². The van der Waals surface area contributed by atoms with Gasteiger partial charge in [0.15, 0.2) is 0 Å². The van der Waals surface area contributed by atoms with Gasteiger partial charge < -0.3 is 20.1 Å². The number of rotatable bonds is 6. The molecule has 0 heterocycles. The molecule has 0 aliphatic carbocycles. The van der Waals surface area contributed by atoms with Gasteiger partial charge in [-0.15, -0.1) is 0 Å². The summed E-state index contributed by atoms with van der Waals surface area (Å²) >= 11 is 0. The summed E-state index contributed by atoms with van der Waals surface area (Å²) in [6.07, 6.45) is -2.53. The summed E-state index contributed by atoms with van der Waals surface area (Å²) in [4.78, 5) is 10.1. The van der Waals surface area contributed by atoms with Crippen molar-refractivity contribution < 1.29 is 25.0 Å². The first-order valence-electron chi connectivity index (χ1n) is 5.30. The largest absolute Gasteiger partial charge is 0.496 e. The molecule has 0 spiro atoms. The Bertz CT molecular complexity index is 422. The smallest absolute Gasteiger partial charge is 0.273 e. The van der Waals surface area contributed by atoms with Gasteiger partial charge >= 0.3 is 0 Å². The molecule has 0 saturated heterocycles. The fourth-order valence-corrected chi connectivity index (χ4v) is 1.51. The summed E-state index contributed by atoms with van der Waals surface area (Å²) in [5, 5.41) is 38.7. The number of hydrogen-bond acceptors (Lipinski definition) is 6. The van der Waals surface area contributed by atoms with Gasteiger partial charge in [0, 0.05) is 12.7 Å². The second-order valence-electron chi connectivity index (χ2n) is 3.75. The number of ether oxygens (including phenoxy) is 1. The Kier molecular flexibility index (Phi) is 5.02. The van der Waals surface area contributed by atoms with E-state index in [1.807, 2.05) is 0 Å². The third-order valence-electron chi connectivity index (χ3n) is 2.49. The SMILES string of the molecule is COc1cc(C(O)C(O)CCO)cc([N+](=O)[O-])c1. The highest BCUT2D eigenvalue weighted by Gasteiger charge is 2.21. The molecule has 0 saturated carbocycles. The quantitative estimate of drug-likeness (QED) is 0.501. The number of aliphatic hydroxyl groups excluding tert-OH is 3. The van der Waals surface area contributed by atoms with Crippen molar-refractivity contribution >= 4 is 5.69 Å². The van der Waals surface area contributed by atoms with Crippen LogP contribution in [0.4, 0.5) is 5.69 Å². The van der Waals surface area contributed by atoms with E-state index in [-0.39, 0.29) is 30.0 Å². The Morgan fingerprint density at radius 3 is 2.56 bits per heavy atom. The van der Waals surface area contributed by atoms with Crippen molar-refractivity contribution in [3.05, 3.63) is 33.9 Å². The number of aliphatic hydroxyl groups is 3. The van der Waals surface area contributed by atoms with E-state index >= 15 is 0 Å². The second kappa shape index (κ2) is 6.29. The van der Waals surface area contributed by atoms with Crippen LogP contribution in [-0.4, -0.2) is 40.1 Å². The third-order valence-corrected chi connectivity index (χ3v) is 2.49. The lowest BCUT2D eigenvalue weighted by Crippen LogP contribution is -2.19. The van der Waals surface area contributed by atoms with Crippen LogP contribution in [0.15, 0.2) is 18.2 Å². The summed E-state index contributed by atoms with van der Waals surface area (Å²) in [6, 6.07) is 3.78. The lowest BCUT2D eigenvalue weighted by atomic mass is 10.0. The molecule has 0 amide bonds.